The first-order valence-corrected chi connectivity index (χ1v) is 9.34. The lowest BCUT2D eigenvalue weighted by atomic mass is 9.82. The van der Waals surface area contributed by atoms with E-state index in [2.05, 4.69) is 15.5 Å². The van der Waals surface area contributed by atoms with Gasteiger partial charge >= 0.3 is 0 Å². The van der Waals surface area contributed by atoms with Crippen molar-refractivity contribution in [1.29, 1.82) is 0 Å². The fourth-order valence-corrected chi connectivity index (χ4v) is 3.75. The van der Waals surface area contributed by atoms with Crippen LogP contribution in [-0.2, 0) is 4.79 Å². The summed E-state index contributed by atoms with van der Waals surface area (Å²) in [5, 5.41) is 13.2. The number of halogens is 1. The van der Waals surface area contributed by atoms with Gasteiger partial charge in [-0.05, 0) is 37.5 Å². The van der Waals surface area contributed by atoms with Gasteiger partial charge in [-0.3, -0.25) is 4.79 Å². The Labute approximate surface area is 163 Å². The maximum absolute atomic E-state index is 12.1. The number of rotatable bonds is 3. The normalized spacial score (nSPS) is 22.8. The lowest BCUT2D eigenvalue weighted by Crippen LogP contribution is -2.52. The van der Waals surface area contributed by atoms with Crippen molar-refractivity contribution in [2.24, 2.45) is 11.7 Å². The number of carbonyl (C=O) groups is 1. The number of aromatic nitrogens is 2. The second-order valence-electron chi connectivity index (χ2n) is 6.92. The molecule has 1 aliphatic carbocycles. The molecule has 0 saturated heterocycles. The molecule has 6 nitrogen and oxygen atoms in total. The summed E-state index contributed by atoms with van der Waals surface area (Å²) in [6, 6.07) is 7.25. The summed E-state index contributed by atoms with van der Waals surface area (Å²) in [5.41, 5.74) is 7.63. The second kappa shape index (κ2) is 7.82. The highest BCUT2D eigenvalue weighted by molar-refractivity contribution is 7.80. The fourth-order valence-electron chi connectivity index (χ4n) is 3.34. The number of benzene rings is 1. The van der Waals surface area contributed by atoms with Gasteiger partial charge in [-0.25, -0.2) is 0 Å². The SMILES string of the molecule is CN(C)C(=O)[C@H]1CC[C@H](NC(=S)c2cc3ccc(Cl)cc3nn2)[C@H](N)C1. The van der Waals surface area contributed by atoms with Gasteiger partial charge in [-0.15, -0.1) is 10.2 Å². The van der Waals surface area contributed by atoms with Crippen LogP contribution < -0.4 is 11.1 Å². The molecule has 0 aliphatic heterocycles. The molecule has 1 amide bonds. The minimum atomic E-state index is -0.136. The molecule has 3 rings (SSSR count). The number of hydrogen-bond donors (Lipinski definition) is 2. The molecule has 0 unspecified atom stereocenters. The van der Waals surface area contributed by atoms with Crippen LogP contribution in [0.3, 0.4) is 0 Å². The summed E-state index contributed by atoms with van der Waals surface area (Å²) in [6.07, 6.45) is 2.24. The standard InChI is InChI=1S/C18H22ClN5OS/c1-24(2)18(25)11-4-6-14(13(20)7-11)21-17(26)16-8-10-3-5-12(19)9-15(10)22-23-16/h3,5,8-9,11,13-14H,4,6-7,20H2,1-2H3,(H,21,26)/t11-,13+,14-/m0/s1. The zero-order chi connectivity index (χ0) is 18.8. The highest BCUT2D eigenvalue weighted by Crippen LogP contribution is 2.25. The smallest absolute Gasteiger partial charge is 0.225 e. The van der Waals surface area contributed by atoms with Crippen molar-refractivity contribution in [1.82, 2.24) is 20.4 Å². The van der Waals surface area contributed by atoms with Crippen LogP contribution in [0, 0.1) is 5.92 Å². The van der Waals surface area contributed by atoms with Crippen LogP contribution in [-0.4, -0.2) is 52.2 Å². The number of nitrogens with two attached hydrogens (primary N) is 1. The van der Waals surface area contributed by atoms with E-state index in [0.29, 0.717) is 22.1 Å². The van der Waals surface area contributed by atoms with E-state index in [4.69, 9.17) is 29.6 Å². The largest absolute Gasteiger partial charge is 0.370 e. The minimum absolute atomic E-state index is 0.0168. The van der Waals surface area contributed by atoms with Crippen molar-refractivity contribution in [2.45, 2.75) is 31.3 Å². The molecule has 1 aromatic heterocycles. The molecule has 1 aliphatic rings. The van der Waals surface area contributed by atoms with Gasteiger partial charge in [-0.1, -0.05) is 29.9 Å². The molecule has 1 saturated carbocycles. The first kappa shape index (κ1) is 18.9. The molecular formula is C18H22ClN5OS. The zero-order valence-electron chi connectivity index (χ0n) is 14.8. The average Bonchev–Trinajstić information content (AvgIpc) is 2.62. The number of hydrogen-bond acceptors (Lipinski definition) is 5. The highest BCUT2D eigenvalue weighted by Gasteiger charge is 2.33. The van der Waals surface area contributed by atoms with Crippen LogP contribution in [0.5, 0.6) is 0 Å². The van der Waals surface area contributed by atoms with E-state index in [1.165, 1.54) is 0 Å². The molecule has 1 heterocycles. The Morgan fingerprint density at radius 2 is 2.08 bits per heavy atom. The van der Waals surface area contributed by atoms with Crippen LogP contribution >= 0.6 is 23.8 Å². The molecule has 0 radical (unpaired) electrons. The molecular weight excluding hydrogens is 370 g/mol. The quantitative estimate of drug-likeness (QED) is 0.780. The predicted molar refractivity (Wildman–Crippen MR) is 107 cm³/mol. The van der Waals surface area contributed by atoms with E-state index >= 15 is 0 Å². The number of fused-ring (bicyclic) bond motifs is 1. The van der Waals surface area contributed by atoms with E-state index in [1.807, 2.05) is 18.2 Å². The van der Waals surface area contributed by atoms with Crippen LogP contribution in [0.1, 0.15) is 25.0 Å². The van der Waals surface area contributed by atoms with Gasteiger partial charge in [-0.2, -0.15) is 0 Å². The topological polar surface area (TPSA) is 84.1 Å². The Hall–Kier alpha value is -1.83. The van der Waals surface area contributed by atoms with Crippen LogP contribution in [0.15, 0.2) is 24.3 Å². The molecule has 1 fully saturated rings. The Morgan fingerprint density at radius 1 is 1.31 bits per heavy atom. The number of nitrogens with one attached hydrogen (secondary N) is 1. The summed E-state index contributed by atoms with van der Waals surface area (Å²) in [6.45, 7) is 0. The van der Waals surface area contributed by atoms with Gasteiger partial charge in [0.1, 0.15) is 10.7 Å². The number of carbonyl (C=O) groups excluding carboxylic acids is 1. The van der Waals surface area contributed by atoms with Gasteiger partial charge in [0, 0.05) is 42.5 Å². The second-order valence-corrected chi connectivity index (χ2v) is 7.76. The Morgan fingerprint density at radius 3 is 2.77 bits per heavy atom. The molecule has 26 heavy (non-hydrogen) atoms. The molecule has 0 spiro atoms. The fraction of sp³-hybridized carbons (Fsp3) is 0.444. The molecule has 1 aromatic carbocycles. The van der Waals surface area contributed by atoms with Crippen molar-refractivity contribution in [3.05, 3.63) is 35.0 Å². The van der Waals surface area contributed by atoms with Gasteiger partial charge in [0.25, 0.3) is 0 Å². The van der Waals surface area contributed by atoms with Crippen LogP contribution in [0.2, 0.25) is 5.02 Å². The maximum atomic E-state index is 12.1. The van der Waals surface area contributed by atoms with Crippen molar-refractivity contribution in [2.75, 3.05) is 14.1 Å². The number of thiocarbonyl (C=S) groups is 1. The Balaban J connectivity index is 1.67. The summed E-state index contributed by atoms with van der Waals surface area (Å²) in [7, 11) is 3.55. The summed E-state index contributed by atoms with van der Waals surface area (Å²) >= 11 is 11.5. The molecule has 138 valence electrons. The zero-order valence-corrected chi connectivity index (χ0v) is 16.3. The van der Waals surface area contributed by atoms with Crippen molar-refractivity contribution in [3.8, 4) is 0 Å². The monoisotopic (exact) mass is 391 g/mol. The first-order valence-electron chi connectivity index (χ1n) is 8.55. The Kier molecular flexibility index (Phi) is 5.70. The summed E-state index contributed by atoms with van der Waals surface area (Å²) < 4.78 is 0. The molecule has 2 aromatic rings. The van der Waals surface area contributed by atoms with Gasteiger partial charge in [0.15, 0.2) is 0 Å². The van der Waals surface area contributed by atoms with E-state index < -0.39 is 0 Å². The van der Waals surface area contributed by atoms with Crippen LogP contribution in [0.4, 0.5) is 0 Å². The van der Waals surface area contributed by atoms with Crippen molar-refractivity contribution >= 4 is 45.6 Å². The van der Waals surface area contributed by atoms with Gasteiger partial charge < -0.3 is 16.0 Å². The Bertz CT molecular complexity index is 843. The highest BCUT2D eigenvalue weighted by atomic mass is 35.5. The predicted octanol–water partition coefficient (Wildman–Crippen LogP) is 2.13. The third-order valence-corrected chi connectivity index (χ3v) is 5.35. The van der Waals surface area contributed by atoms with Gasteiger partial charge in [0.2, 0.25) is 5.91 Å². The van der Waals surface area contributed by atoms with Crippen molar-refractivity contribution in [3.63, 3.8) is 0 Å². The van der Waals surface area contributed by atoms with E-state index in [-0.39, 0.29) is 23.9 Å². The number of nitrogens with zero attached hydrogens (tertiary/aromatic N) is 3. The molecule has 0 bridgehead atoms. The molecule has 3 atom stereocenters. The van der Waals surface area contributed by atoms with E-state index in [9.17, 15) is 4.79 Å². The lowest BCUT2D eigenvalue weighted by molar-refractivity contribution is -0.134. The summed E-state index contributed by atoms with van der Waals surface area (Å²) in [4.78, 5) is 14.3. The number of amides is 1. The first-order chi connectivity index (χ1) is 12.3. The molecule has 8 heteroatoms. The van der Waals surface area contributed by atoms with Gasteiger partial charge in [0.05, 0.1) is 5.52 Å². The maximum Gasteiger partial charge on any atom is 0.225 e. The van der Waals surface area contributed by atoms with E-state index in [0.717, 1.165) is 23.7 Å². The molecule has 3 N–H and O–H groups in total. The van der Waals surface area contributed by atoms with Crippen LogP contribution in [0.25, 0.3) is 10.9 Å². The average molecular weight is 392 g/mol. The van der Waals surface area contributed by atoms with Crippen molar-refractivity contribution < 1.29 is 4.79 Å². The summed E-state index contributed by atoms with van der Waals surface area (Å²) in [5.74, 6) is 0.123. The lowest BCUT2D eigenvalue weighted by Gasteiger charge is -2.35. The third kappa shape index (κ3) is 4.11. The minimum Gasteiger partial charge on any atom is -0.370 e. The third-order valence-electron chi connectivity index (χ3n) is 4.79. The van der Waals surface area contributed by atoms with E-state index in [1.54, 1.807) is 25.1 Å².